The summed E-state index contributed by atoms with van der Waals surface area (Å²) in [5, 5.41) is 3.89. The second kappa shape index (κ2) is 3.01. The van der Waals surface area contributed by atoms with Crippen LogP contribution in [0.4, 0.5) is 0 Å². The van der Waals surface area contributed by atoms with Crippen LogP contribution in [0.25, 0.3) is 0 Å². The van der Waals surface area contributed by atoms with E-state index in [1.165, 1.54) is 0 Å². The van der Waals surface area contributed by atoms with Crippen LogP contribution in [0.3, 0.4) is 0 Å². The molecule has 0 aliphatic carbocycles. The lowest BCUT2D eigenvalue weighted by Crippen LogP contribution is -2.20. The van der Waals surface area contributed by atoms with Crippen molar-refractivity contribution >= 4 is 11.6 Å². The quantitative estimate of drug-likeness (QED) is 0.684. The lowest BCUT2D eigenvalue weighted by Gasteiger charge is -2.06. The molecule has 1 aliphatic heterocycles. The van der Waals surface area contributed by atoms with Gasteiger partial charge in [0.1, 0.15) is 5.92 Å². The van der Waals surface area contributed by atoms with E-state index >= 15 is 0 Å². The van der Waals surface area contributed by atoms with Crippen molar-refractivity contribution in [1.29, 1.82) is 0 Å². The van der Waals surface area contributed by atoms with Crippen molar-refractivity contribution in [3.63, 3.8) is 0 Å². The zero-order chi connectivity index (χ0) is 9.26. The summed E-state index contributed by atoms with van der Waals surface area (Å²) >= 11 is 0. The van der Waals surface area contributed by atoms with Crippen molar-refractivity contribution in [2.45, 2.75) is 12.8 Å². The topological polar surface area (TPSA) is 41.5 Å². The zero-order valence-corrected chi connectivity index (χ0v) is 7.32. The van der Waals surface area contributed by atoms with Crippen molar-refractivity contribution in [2.75, 3.05) is 0 Å². The first-order valence-corrected chi connectivity index (χ1v) is 4.18. The number of hydrogen-bond acceptors (Lipinski definition) is 2. The number of nitrogens with zero attached hydrogens (tertiary/aromatic N) is 1. The summed E-state index contributed by atoms with van der Waals surface area (Å²) in [4.78, 5) is 11.4. The Hall–Kier alpha value is -1.64. The van der Waals surface area contributed by atoms with Crippen LogP contribution in [-0.2, 0) is 4.79 Å². The van der Waals surface area contributed by atoms with Gasteiger partial charge in [-0.2, -0.15) is 5.10 Å². The average Bonchev–Trinajstić information content (AvgIpc) is 2.48. The molecule has 0 bridgehead atoms. The number of hydrazone groups is 1. The van der Waals surface area contributed by atoms with Crippen LogP contribution in [0.2, 0.25) is 0 Å². The molecule has 0 fully saturated rings. The molecule has 3 nitrogen and oxygen atoms in total. The molecule has 3 heteroatoms. The Balaban J connectivity index is 2.36. The SMILES string of the molecule is CC1=NNC(=O)C1c1ccccc1. The maximum absolute atomic E-state index is 11.4. The van der Waals surface area contributed by atoms with Crippen LogP contribution in [0.5, 0.6) is 0 Å². The van der Waals surface area contributed by atoms with E-state index in [9.17, 15) is 4.79 Å². The molecule has 1 amide bonds. The Kier molecular flexibility index (Phi) is 1.85. The molecular formula is C10H10N2O. The number of carbonyl (C=O) groups is 1. The van der Waals surface area contributed by atoms with Crippen LogP contribution in [0, 0.1) is 0 Å². The van der Waals surface area contributed by atoms with Gasteiger partial charge in [0.15, 0.2) is 0 Å². The van der Waals surface area contributed by atoms with Gasteiger partial charge in [0.2, 0.25) is 0 Å². The molecule has 13 heavy (non-hydrogen) atoms. The first-order valence-electron chi connectivity index (χ1n) is 4.18. The second-order valence-electron chi connectivity index (χ2n) is 3.07. The number of hydrogen-bond donors (Lipinski definition) is 1. The van der Waals surface area contributed by atoms with E-state index in [0.717, 1.165) is 11.3 Å². The van der Waals surface area contributed by atoms with Crippen molar-refractivity contribution in [3.8, 4) is 0 Å². The Morgan fingerprint density at radius 3 is 2.54 bits per heavy atom. The molecular weight excluding hydrogens is 164 g/mol. The standard InChI is InChI=1S/C10H10N2O/c1-7-9(10(13)12-11-7)8-5-3-2-4-6-8/h2-6,9H,1H3,(H,12,13). The van der Waals surface area contributed by atoms with E-state index in [1.807, 2.05) is 37.3 Å². The summed E-state index contributed by atoms with van der Waals surface area (Å²) in [6.45, 7) is 1.86. The molecule has 1 heterocycles. The summed E-state index contributed by atoms with van der Waals surface area (Å²) in [7, 11) is 0. The first-order chi connectivity index (χ1) is 6.29. The molecule has 0 saturated carbocycles. The normalized spacial score (nSPS) is 21.2. The van der Waals surface area contributed by atoms with E-state index in [0.29, 0.717) is 0 Å². The van der Waals surface area contributed by atoms with Gasteiger partial charge in [-0.3, -0.25) is 4.79 Å². The molecule has 1 N–H and O–H groups in total. The van der Waals surface area contributed by atoms with Gasteiger partial charge in [-0.25, -0.2) is 5.43 Å². The zero-order valence-electron chi connectivity index (χ0n) is 7.32. The highest BCUT2D eigenvalue weighted by molar-refractivity contribution is 6.11. The van der Waals surface area contributed by atoms with Crippen molar-refractivity contribution in [3.05, 3.63) is 35.9 Å². The molecule has 0 saturated heterocycles. The molecule has 0 radical (unpaired) electrons. The smallest absolute Gasteiger partial charge is 0.253 e. The molecule has 1 aliphatic rings. The first kappa shape index (κ1) is 7.98. The maximum Gasteiger partial charge on any atom is 0.253 e. The van der Waals surface area contributed by atoms with Crippen LogP contribution < -0.4 is 5.43 Å². The predicted molar refractivity (Wildman–Crippen MR) is 50.4 cm³/mol. The molecule has 2 rings (SSSR count). The molecule has 1 unspecified atom stereocenters. The highest BCUT2D eigenvalue weighted by atomic mass is 16.2. The molecule has 66 valence electrons. The average molecular weight is 174 g/mol. The van der Waals surface area contributed by atoms with Gasteiger partial charge in [-0.05, 0) is 12.5 Å². The molecule has 0 aromatic heterocycles. The monoisotopic (exact) mass is 174 g/mol. The Labute approximate surface area is 76.5 Å². The molecule has 1 aromatic carbocycles. The fourth-order valence-electron chi connectivity index (χ4n) is 1.50. The third-order valence-electron chi connectivity index (χ3n) is 2.16. The number of benzene rings is 1. The summed E-state index contributed by atoms with van der Waals surface area (Å²) in [6.07, 6.45) is 0. The molecule has 1 atom stereocenters. The van der Waals surface area contributed by atoms with Gasteiger partial charge in [0.25, 0.3) is 5.91 Å². The summed E-state index contributed by atoms with van der Waals surface area (Å²) < 4.78 is 0. The van der Waals surface area contributed by atoms with Gasteiger partial charge in [0.05, 0.1) is 5.71 Å². The van der Waals surface area contributed by atoms with E-state index in [2.05, 4.69) is 10.5 Å². The van der Waals surface area contributed by atoms with Crippen molar-refractivity contribution in [2.24, 2.45) is 5.10 Å². The summed E-state index contributed by atoms with van der Waals surface area (Å²) in [6, 6.07) is 9.66. The molecule has 0 spiro atoms. The van der Waals surface area contributed by atoms with Gasteiger partial charge in [-0.1, -0.05) is 30.3 Å². The third-order valence-corrected chi connectivity index (χ3v) is 2.16. The summed E-state index contributed by atoms with van der Waals surface area (Å²) in [5.41, 5.74) is 4.30. The van der Waals surface area contributed by atoms with E-state index < -0.39 is 0 Å². The van der Waals surface area contributed by atoms with Gasteiger partial charge >= 0.3 is 0 Å². The largest absolute Gasteiger partial charge is 0.272 e. The summed E-state index contributed by atoms with van der Waals surface area (Å²) in [5.74, 6) is -0.232. The maximum atomic E-state index is 11.4. The Morgan fingerprint density at radius 2 is 2.00 bits per heavy atom. The minimum absolute atomic E-state index is 0.0382. The Bertz CT molecular complexity index is 356. The predicted octanol–water partition coefficient (Wildman–Crippen LogP) is 1.28. The Morgan fingerprint density at radius 1 is 1.31 bits per heavy atom. The fourth-order valence-corrected chi connectivity index (χ4v) is 1.50. The number of nitrogens with one attached hydrogen (secondary N) is 1. The molecule has 1 aromatic rings. The lowest BCUT2D eigenvalue weighted by molar-refractivity contribution is -0.120. The highest BCUT2D eigenvalue weighted by Crippen LogP contribution is 2.20. The van der Waals surface area contributed by atoms with E-state index in [1.54, 1.807) is 0 Å². The second-order valence-corrected chi connectivity index (χ2v) is 3.07. The number of amides is 1. The van der Waals surface area contributed by atoms with E-state index in [4.69, 9.17) is 0 Å². The van der Waals surface area contributed by atoms with Crippen LogP contribution >= 0.6 is 0 Å². The van der Waals surface area contributed by atoms with Gasteiger partial charge in [-0.15, -0.1) is 0 Å². The van der Waals surface area contributed by atoms with E-state index in [-0.39, 0.29) is 11.8 Å². The highest BCUT2D eigenvalue weighted by Gasteiger charge is 2.27. The van der Waals surface area contributed by atoms with Crippen LogP contribution in [0.1, 0.15) is 18.4 Å². The van der Waals surface area contributed by atoms with Crippen molar-refractivity contribution < 1.29 is 4.79 Å². The number of carbonyl (C=O) groups excluding carboxylic acids is 1. The minimum atomic E-state index is -0.193. The lowest BCUT2D eigenvalue weighted by atomic mass is 9.95. The third kappa shape index (κ3) is 1.33. The van der Waals surface area contributed by atoms with Gasteiger partial charge < -0.3 is 0 Å². The van der Waals surface area contributed by atoms with Gasteiger partial charge in [0, 0.05) is 0 Å². The minimum Gasteiger partial charge on any atom is -0.272 e. The van der Waals surface area contributed by atoms with Crippen LogP contribution in [0.15, 0.2) is 35.4 Å². The number of rotatable bonds is 1. The fraction of sp³-hybridized carbons (Fsp3) is 0.200. The van der Waals surface area contributed by atoms with Crippen molar-refractivity contribution in [1.82, 2.24) is 5.43 Å². The van der Waals surface area contributed by atoms with Crippen LogP contribution in [-0.4, -0.2) is 11.6 Å².